The Balaban J connectivity index is 1.68. The largest absolute Gasteiger partial charge is 0.366 e. The molecule has 0 saturated carbocycles. The van der Waals surface area contributed by atoms with Gasteiger partial charge < -0.3 is 10.6 Å². The first-order valence-corrected chi connectivity index (χ1v) is 9.16. The van der Waals surface area contributed by atoms with Gasteiger partial charge in [-0.2, -0.15) is 4.73 Å². The molecule has 1 amide bonds. The second-order valence-corrected chi connectivity index (χ2v) is 6.77. The third-order valence-electron chi connectivity index (χ3n) is 4.69. The normalized spacial score (nSPS) is 10.8. The molecule has 0 unspecified atom stereocenters. The summed E-state index contributed by atoms with van der Waals surface area (Å²) in [6, 6.07) is 9.42. The van der Waals surface area contributed by atoms with Gasteiger partial charge in [0.1, 0.15) is 11.4 Å². The van der Waals surface area contributed by atoms with Gasteiger partial charge in [-0.25, -0.2) is 19.2 Å². The maximum Gasteiger partial charge on any atom is 0.366 e. The Labute approximate surface area is 179 Å². The van der Waals surface area contributed by atoms with Gasteiger partial charge in [-0.3, -0.25) is 14.9 Å². The summed E-state index contributed by atoms with van der Waals surface area (Å²) in [7, 11) is 0. The number of rotatable bonds is 5. The number of nitro benzene ring substituents is 1. The minimum Gasteiger partial charge on any atom is -0.366 e. The maximum absolute atomic E-state index is 13.5. The number of aromatic nitrogens is 3. The summed E-state index contributed by atoms with van der Waals surface area (Å²) >= 11 is 0. The fourth-order valence-electron chi connectivity index (χ4n) is 3.15. The lowest BCUT2D eigenvalue weighted by Gasteiger charge is -2.09. The van der Waals surface area contributed by atoms with Crippen LogP contribution in [0.4, 0.5) is 10.1 Å². The van der Waals surface area contributed by atoms with Crippen molar-refractivity contribution in [2.45, 2.75) is 6.92 Å². The summed E-state index contributed by atoms with van der Waals surface area (Å²) in [5.74, 6) is -1.89. The number of carbonyl (C=O) groups is 2. The molecule has 2 aromatic carbocycles. The molecule has 0 bridgehead atoms. The van der Waals surface area contributed by atoms with Gasteiger partial charge in [0.05, 0.1) is 27.9 Å². The van der Waals surface area contributed by atoms with E-state index >= 15 is 0 Å². The number of nitrogens with two attached hydrogens (primary N) is 1. The van der Waals surface area contributed by atoms with Gasteiger partial charge in [-0.15, -0.1) is 0 Å². The van der Waals surface area contributed by atoms with Crippen LogP contribution in [0, 0.1) is 22.9 Å². The SMILES string of the molecule is Cc1nc(-c2cccc(F)c2)ncc1C(=O)On1cc(C(N)=O)c2cc([N+](=O)[O-])ccc21. The number of benzene rings is 2. The Morgan fingerprint density at radius 3 is 2.62 bits per heavy atom. The topological polar surface area (TPSA) is 143 Å². The Morgan fingerprint density at radius 1 is 1.19 bits per heavy atom. The van der Waals surface area contributed by atoms with E-state index in [1.165, 1.54) is 48.8 Å². The van der Waals surface area contributed by atoms with Crippen LogP contribution in [-0.2, 0) is 0 Å². The minimum absolute atomic E-state index is 0.0366. The number of primary amides is 1. The number of hydrogen-bond donors (Lipinski definition) is 1. The molecule has 0 radical (unpaired) electrons. The zero-order chi connectivity index (χ0) is 23.0. The average molecular weight is 435 g/mol. The minimum atomic E-state index is -0.843. The van der Waals surface area contributed by atoms with E-state index in [2.05, 4.69) is 9.97 Å². The van der Waals surface area contributed by atoms with Gasteiger partial charge >= 0.3 is 5.97 Å². The number of nitrogens with zero attached hydrogens (tertiary/aromatic N) is 4. The standard InChI is InChI=1S/C21H14FN5O5/c1-11-16(9-24-20(25-11)12-3-2-4-13(22)7-12)21(29)32-26-10-17(19(23)28)15-8-14(27(30)31)5-6-18(15)26/h2-10H,1H3,(H2,23,28). The number of halogens is 1. The van der Waals surface area contributed by atoms with E-state index in [1.807, 2.05) is 0 Å². The highest BCUT2D eigenvalue weighted by atomic mass is 19.1. The number of nitro groups is 1. The van der Waals surface area contributed by atoms with E-state index in [0.717, 1.165) is 4.73 Å². The van der Waals surface area contributed by atoms with E-state index in [4.69, 9.17) is 10.6 Å². The smallest absolute Gasteiger partial charge is 0.366 e. The molecule has 2 heterocycles. The van der Waals surface area contributed by atoms with Crippen molar-refractivity contribution < 1.29 is 23.7 Å². The van der Waals surface area contributed by atoms with Gasteiger partial charge in [-0.05, 0) is 25.1 Å². The van der Waals surface area contributed by atoms with E-state index in [9.17, 15) is 24.1 Å². The zero-order valence-corrected chi connectivity index (χ0v) is 16.5. The maximum atomic E-state index is 13.5. The second-order valence-electron chi connectivity index (χ2n) is 6.77. The molecule has 10 nitrogen and oxygen atoms in total. The van der Waals surface area contributed by atoms with Crippen molar-refractivity contribution in [2.75, 3.05) is 0 Å². The van der Waals surface area contributed by atoms with Crippen LogP contribution in [0.5, 0.6) is 0 Å². The highest BCUT2D eigenvalue weighted by Gasteiger charge is 2.21. The van der Waals surface area contributed by atoms with Crippen molar-refractivity contribution in [2.24, 2.45) is 5.73 Å². The summed E-state index contributed by atoms with van der Waals surface area (Å²) in [6.07, 6.45) is 2.42. The van der Waals surface area contributed by atoms with E-state index in [1.54, 1.807) is 13.0 Å². The predicted molar refractivity (Wildman–Crippen MR) is 110 cm³/mol. The molecule has 0 spiro atoms. The highest BCUT2D eigenvalue weighted by Crippen LogP contribution is 2.26. The van der Waals surface area contributed by atoms with E-state index in [-0.39, 0.29) is 39.2 Å². The summed E-state index contributed by atoms with van der Waals surface area (Å²) in [5.41, 5.74) is 6.05. The molecule has 11 heteroatoms. The van der Waals surface area contributed by atoms with Crippen LogP contribution < -0.4 is 10.6 Å². The third kappa shape index (κ3) is 3.74. The van der Waals surface area contributed by atoms with Crippen molar-refractivity contribution in [3.05, 3.63) is 87.6 Å². The Bertz CT molecular complexity index is 1420. The summed E-state index contributed by atoms with van der Waals surface area (Å²) < 4.78 is 14.5. The van der Waals surface area contributed by atoms with Crippen molar-refractivity contribution in [1.29, 1.82) is 0 Å². The molecule has 0 aliphatic heterocycles. The number of non-ortho nitro benzene ring substituents is 1. The van der Waals surface area contributed by atoms with Gasteiger partial charge in [-0.1, -0.05) is 12.1 Å². The van der Waals surface area contributed by atoms with Crippen LogP contribution in [0.3, 0.4) is 0 Å². The molecule has 0 aliphatic carbocycles. The number of amides is 1. The van der Waals surface area contributed by atoms with Crippen molar-refractivity contribution in [3.8, 4) is 11.4 Å². The highest BCUT2D eigenvalue weighted by molar-refractivity contribution is 6.07. The van der Waals surface area contributed by atoms with Gasteiger partial charge in [0.2, 0.25) is 0 Å². The van der Waals surface area contributed by atoms with Crippen molar-refractivity contribution in [1.82, 2.24) is 14.7 Å². The molecule has 0 saturated heterocycles. The lowest BCUT2D eigenvalue weighted by atomic mass is 10.1. The van der Waals surface area contributed by atoms with Crippen LogP contribution >= 0.6 is 0 Å². The van der Waals surface area contributed by atoms with Crippen LogP contribution in [-0.4, -0.2) is 31.5 Å². The molecule has 4 aromatic rings. The Kier molecular flexibility index (Phi) is 5.07. The molecule has 4 rings (SSSR count). The number of aryl methyl sites for hydroxylation is 1. The molecular formula is C21H14FN5O5. The second kappa shape index (κ2) is 7.87. The Hall–Kier alpha value is -4.67. The molecule has 0 atom stereocenters. The van der Waals surface area contributed by atoms with Gasteiger partial charge in [0.25, 0.3) is 11.6 Å². The molecule has 0 fully saturated rings. The van der Waals surface area contributed by atoms with Crippen LogP contribution in [0.1, 0.15) is 26.4 Å². The van der Waals surface area contributed by atoms with Gasteiger partial charge in [0.15, 0.2) is 5.82 Å². The summed E-state index contributed by atoms with van der Waals surface area (Å²) in [4.78, 5) is 48.6. The molecule has 160 valence electrons. The predicted octanol–water partition coefficient (Wildman–Crippen LogP) is 2.82. The van der Waals surface area contributed by atoms with E-state index < -0.39 is 22.6 Å². The molecule has 2 N–H and O–H groups in total. The molecule has 2 aromatic heterocycles. The number of carbonyl (C=O) groups excluding carboxylic acids is 2. The first-order chi connectivity index (χ1) is 15.2. The lowest BCUT2D eigenvalue weighted by molar-refractivity contribution is -0.384. The number of hydrogen-bond acceptors (Lipinski definition) is 7. The fraction of sp³-hybridized carbons (Fsp3) is 0.0476. The van der Waals surface area contributed by atoms with Crippen molar-refractivity contribution in [3.63, 3.8) is 0 Å². The first-order valence-electron chi connectivity index (χ1n) is 9.16. The first kappa shape index (κ1) is 20.6. The van der Waals surface area contributed by atoms with Crippen LogP contribution in [0.15, 0.2) is 54.9 Å². The van der Waals surface area contributed by atoms with Crippen LogP contribution in [0.25, 0.3) is 22.3 Å². The average Bonchev–Trinajstić information content (AvgIpc) is 3.11. The molecular weight excluding hydrogens is 421 g/mol. The quantitative estimate of drug-likeness (QED) is 0.375. The summed E-state index contributed by atoms with van der Waals surface area (Å²) in [5, 5.41) is 11.2. The lowest BCUT2D eigenvalue weighted by Crippen LogP contribution is -2.21. The monoisotopic (exact) mass is 435 g/mol. The van der Waals surface area contributed by atoms with Gasteiger partial charge in [0, 0.05) is 29.3 Å². The Morgan fingerprint density at radius 2 is 1.97 bits per heavy atom. The fourth-order valence-corrected chi connectivity index (χ4v) is 3.15. The van der Waals surface area contributed by atoms with E-state index in [0.29, 0.717) is 5.56 Å². The van der Waals surface area contributed by atoms with Crippen molar-refractivity contribution >= 4 is 28.5 Å². The third-order valence-corrected chi connectivity index (χ3v) is 4.69. The molecule has 0 aliphatic rings. The zero-order valence-electron chi connectivity index (χ0n) is 16.5. The molecule has 32 heavy (non-hydrogen) atoms. The van der Waals surface area contributed by atoms with Crippen LogP contribution in [0.2, 0.25) is 0 Å². The summed E-state index contributed by atoms with van der Waals surface area (Å²) in [6.45, 7) is 1.56. The number of fused-ring (bicyclic) bond motifs is 1.